The molecule has 2 aromatic carbocycles. The van der Waals surface area contributed by atoms with Gasteiger partial charge in [0.25, 0.3) is 0 Å². The minimum atomic E-state index is -4.57. The second-order valence-electron chi connectivity index (χ2n) is 3.46. The van der Waals surface area contributed by atoms with Crippen molar-refractivity contribution < 1.29 is 17.6 Å². The zero-order valence-electron chi connectivity index (χ0n) is 8.55. The Morgan fingerprint density at radius 2 is 1.53 bits per heavy atom. The molecule has 0 atom stereocenters. The minimum Gasteiger partial charge on any atom is -0.206 e. The molecule has 17 heavy (non-hydrogen) atoms. The third kappa shape index (κ3) is 2.46. The fourth-order valence-corrected chi connectivity index (χ4v) is 1.47. The monoisotopic (exact) mass is 239 g/mol. The predicted octanol–water partition coefficient (Wildman–Crippen LogP) is 4.31. The molecule has 4 heteroatoms. The van der Waals surface area contributed by atoms with Gasteiger partial charge in [-0.3, -0.25) is 0 Å². The topological polar surface area (TPSA) is 0 Å². The van der Waals surface area contributed by atoms with E-state index < -0.39 is 17.6 Å². The lowest BCUT2D eigenvalue weighted by Gasteiger charge is -2.08. The molecule has 1 radical (unpaired) electrons. The van der Waals surface area contributed by atoms with Gasteiger partial charge in [0.05, 0.1) is 5.56 Å². The summed E-state index contributed by atoms with van der Waals surface area (Å²) in [6.45, 7) is 0. The summed E-state index contributed by atoms with van der Waals surface area (Å²) in [5, 5.41) is 0. The average Bonchev–Trinajstić information content (AvgIpc) is 2.29. The lowest BCUT2D eigenvalue weighted by atomic mass is 10.0. The lowest BCUT2D eigenvalue weighted by molar-refractivity contribution is -0.138. The first-order valence-electron chi connectivity index (χ1n) is 4.83. The van der Waals surface area contributed by atoms with Crippen molar-refractivity contribution >= 4 is 0 Å². The van der Waals surface area contributed by atoms with Crippen LogP contribution in [-0.2, 0) is 6.18 Å². The highest BCUT2D eigenvalue weighted by atomic mass is 19.4. The van der Waals surface area contributed by atoms with Crippen molar-refractivity contribution in [3.8, 4) is 11.1 Å². The van der Waals surface area contributed by atoms with E-state index in [1.165, 1.54) is 0 Å². The molecule has 2 aromatic rings. The van der Waals surface area contributed by atoms with Crippen LogP contribution in [0, 0.1) is 11.9 Å². The Bertz CT molecular complexity index is 515. The minimum absolute atomic E-state index is 0.110. The van der Waals surface area contributed by atoms with Crippen LogP contribution in [0.2, 0.25) is 0 Å². The first-order chi connectivity index (χ1) is 7.98. The van der Waals surface area contributed by atoms with Gasteiger partial charge in [0.15, 0.2) is 0 Å². The Hall–Kier alpha value is -1.84. The molecule has 0 aromatic heterocycles. The Morgan fingerprint density at radius 1 is 0.882 bits per heavy atom. The molecule has 0 saturated heterocycles. The summed E-state index contributed by atoms with van der Waals surface area (Å²) in [6, 6.07) is 12.0. The van der Waals surface area contributed by atoms with Crippen molar-refractivity contribution in [2.45, 2.75) is 6.18 Å². The van der Waals surface area contributed by atoms with Crippen molar-refractivity contribution in [2.24, 2.45) is 0 Å². The number of hydrogen-bond acceptors (Lipinski definition) is 0. The molecule has 0 aliphatic rings. The summed E-state index contributed by atoms with van der Waals surface area (Å²) in [4.78, 5) is 0. The highest BCUT2D eigenvalue weighted by Crippen LogP contribution is 2.32. The smallest absolute Gasteiger partial charge is 0.206 e. The molecule has 0 bridgehead atoms. The molecule has 0 saturated carbocycles. The predicted molar refractivity (Wildman–Crippen MR) is 55.7 cm³/mol. The first-order valence-corrected chi connectivity index (χ1v) is 4.83. The third-order valence-corrected chi connectivity index (χ3v) is 2.29. The van der Waals surface area contributed by atoms with Crippen LogP contribution >= 0.6 is 0 Å². The van der Waals surface area contributed by atoms with E-state index in [1.54, 1.807) is 36.4 Å². The second-order valence-corrected chi connectivity index (χ2v) is 3.46. The largest absolute Gasteiger partial charge is 0.417 e. The lowest BCUT2D eigenvalue weighted by Crippen LogP contribution is -2.05. The molecular formula is C13H7F4. The molecule has 0 spiro atoms. The van der Waals surface area contributed by atoms with Gasteiger partial charge in [-0.2, -0.15) is 13.2 Å². The van der Waals surface area contributed by atoms with Crippen LogP contribution in [0.4, 0.5) is 17.6 Å². The van der Waals surface area contributed by atoms with Crippen molar-refractivity contribution in [1.29, 1.82) is 0 Å². The van der Waals surface area contributed by atoms with E-state index in [4.69, 9.17) is 0 Å². The van der Waals surface area contributed by atoms with Crippen molar-refractivity contribution in [3.05, 3.63) is 59.9 Å². The Morgan fingerprint density at radius 3 is 2.06 bits per heavy atom. The molecule has 0 heterocycles. The molecule has 0 nitrogen and oxygen atoms in total. The van der Waals surface area contributed by atoms with Crippen LogP contribution < -0.4 is 0 Å². The van der Waals surface area contributed by atoms with Gasteiger partial charge in [0.2, 0.25) is 0 Å². The maximum atomic E-state index is 13.5. The number of halogens is 4. The van der Waals surface area contributed by atoms with E-state index in [0.717, 1.165) is 12.1 Å². The fourth-order valence-electron chi connectivity index (χ4n) is 1.47. The van der Waals surface area contributed by atoms with Crippen LogP contribution in [0.15, 0.2) is 42.5 Å². The molecule has 0 aliphatic heterocycles. The maximum absolute atomic E-state index is 13.5. The number of alkyl halides is 3. The quantitative estimate of drug-likeness (QED) is 0.650. The second kappa shape index (κ2) is 4.20. The van der Waals surface area contributed by atoms with Gasteiger partial charge in [-0.1, -0.05) is 36.4 Å². The van der Waals surface area contributed by atoms with Gasteiger partial charge in [-0.25, -0.2) is 4.39 Å². The van der Waals surface area contributed by atoms with Crippen LogP contribution in [0.1, 0.15) is 5.56 Å². The van der Waals surface area contributed by atoms with Crippen LogP contribution in [-0.4, -0.2) is 0 Å². The van der Waals surface area contributed by atoms with Gasteiger partial charge in [0, 0.05) is 11.6 Å². The molecule has 0 unspecified atom stereocenters. The third-order valence-electron chi connectivity index (χ3n) is 2.29. The van der Waals surface area contributed by atoms with Gasteiger partial charge in [0.1, 0.15) is 5.82 Å². The zero-order chi connectivity index (χ0) is 12.5. The molecular weight excluding hydrogens is 232 g/mol. The first kappa shape index (κ1) is 11.6. The van der Waals surface area contributed by atoms with Crippen LogP contribution in [0.3, 0.4) is 0 Å². The average molecular weight is 239 g/mol. The summed E-state index contributed by atoms with van der Waals surface area (Å²) in [6.07, 6.45) is -4.57. The highest BCUT2D eigenvalue weighted by molar-refractivity contribution is 5.64. The maximum Gasteiger partial charge on any atom is 0.417 e. The van der Waals surface area contributed by atoms with Crippen molar-refractivity contribution in [2.75, 3.05) is 0 Å². The normalized spacial score (nSPS) is 11.5. The van der Waals surface area contributed by atoms with E-state index in [1.807, 2.05) is 0 Å². The molecule has 87 valence electrons. The summed E-state index contributed by atoms with van der Waals surface area (Å²) in [7, 11) is 0. The Balaban J connectivity index is 2.46. The number of benzene rings is 2. The van der Waals surface area contributed by atoms with E-state index in [9.17, 15) is 17.6 Å². The highest BCUT2D eigenvalue weighted by Gasteiger charge is 2.31. The fraction of sp³-hybridized carbons (Fsp3) is 0.0769. The van der Waals surface area contributed by atoms with Crippen molar-refractivity contribution in [3.63, 3.8) is 0 Å². The molecule has 0 N–H and O–H groups in total. The van der Waals surface area contributed by atoms with Gasteiger partial charge in [-0.05, 0) is 11.6 Å². The Labute approximate surface area is 95.5 Å². The zero-order valence-corrected chi connectivity index (χ0v) is 8.55. The van der Waals surface area contributed by atoms with Gasteiger partial charge in [-0.15, -0.1) is 0 Å². The standard InChI is InChI=1S/C13H7F4/c14-12-8-10(13(15,16)17)6-7-11(12)9-4-2-1-3-5-9/h1-7H. The number of hydrogen-bond donors (Lipinski definition) is 0. The Kier molecular flexibility index (Phi) is 2.88. The molecule has 2 rings (SSSR count). The number of rotatable bonds is 1. The van der Waals surface area contributed by atoms with E-state index >= 15 is 0 Å². The molecule has 0 amide bonds. The van der Waals surface area contributed by atoms with Crippen LogP contribution in [0.25, 0.3) is 11.1 Å². The van der Waals surface area contributed by atoms with Crippen LogP contribution in [0.5, 0.6) is 0 Å². The van der Waals surface area contributed by atoms with E-state index in [0.29, 0.717) is 5.56 Å². The summed E-state index contributed by atoms with van der Waals surface area (Å²) in [5.74, 6) is -0.994. The van der Waals surface area contributed by atoms with Crippen molar-refractivity contribution in [1.82, 2.24) is 0 Å². The molecule has 0 aliphatic carbocycles. The van der Waals surface area contributed by atoms with Gasteiger partial charge < -0.3 is 0 Å². The van der Waals surface area contributed by atoms with E-state index in [2.05, 4.69) is 0 Å². The summed E-state index contributed by atoms with van der Waals surface area (Å²) >= 11 is 0. The van der Waals surface area contributed by atoms with E-state index in [-0.39, 0.29) is 5.56 Å². The molecule has 0 fully saturated rings. The summed E-state index contributed by atoms with van der Waals surface area (Å²) in [5.41, 5.74) is -0.469. The van der Waals surface area contributed by atoms with Gasteiger partial charge >= 0.3 is 6.18 Å². The SMILES string of the molecule is Fc1[c]c(C(F)(F)F)ccc1-c1ccccc1. The summed E-state index contributed by atoms with van der Waals surface area (Å²) < 4.78 is 50.4.